The summed E-state index contributed by atoms with van der Waals surface area (Å²) in [6.07, 6.45) is 3.91. The summed E-state index contributed by atoms with van der Waals surface area (Å²) in [6.45, 7) is 0. The molecule has 2 heterocycles. The zero-order chi connectivity index (χ0) is 18.1. The molecule has 0 N–H and O–H groups in total. The number of thioether (sulfide) groups is 1. The zero-order valence-electron chi connectivity index (χ0n) is 14.2. The number of benzene rings is 2. The van der Waals surface area contributed by atoms with Crippen LogP contribution >= 0.6 is 23.1 Å². The van der Waals surface area contributed by atoms with Crippen molar-refractivity contribution in [1.29, 1.82) is 0 Å². The van der Waals surface area contributed by atoms with Crippen LogP contribution in [-0.4, -0.2) is 28.0 Å². The van der Waals surface area contributed by atoms with Gasteiger partial charge in [-0.2, -0.15) is 9.50 Å². The first-order valence-electron chi connectivity index (χ1n) is 7.88. The van der Waals surface area contributed by atoms with E-state index in [1.54, 1.807) is 18.9 Å². The van der Waals surface area contributed by atoms with E-state index in [2.05, 4.69) is 10.1 Å². The monoisotopic (exact) mass is 381 g/mol. The predicted octanol–water partition coefficient (Wildman–Crippen LogP) is 3.10. The van der Waals surface area contributed by atoms with Crippen LogP contribution in [0.3, 0.4) is 0 Å². The van der Waals surface area contributed by atoms with Gasteiger partial charge in [-0.3, -0.25) is 4.79 Å². The number of hydrogen-bond donors (Lipinski definition) is 0. The highest BCUT2D eigenvalue weighted by Gasteiger charge is 2.12. The Labute approximate surface area is 158 Å². The first kappa shape index (κ1) is 16.8. The lowest BCUT2D eigenvalue weighted by atomic mass is 10.2. The molecule has 0 unspecified atom stereocenters. The SMILES string of the molecule is COc1ccc(-c2nc3sc(=Cc4ccc(SC)cc4)c(=O)n3n2)cc1. The third kappa shape index (κ3) is 3.11. The highest BCUT2D eigenvalue weighted by atomic mass is 32.2. The van der Waals surface area contributed by atoms with E-state index in [1.165, 1.54) is 20.7 Å². The van der Waals surface area contributed by atoms with Crippen LogP contribution in [0.1, 0.15) is 5.56 Å². The van der Waals surface area contributed by atoms with Gasteiger partial charge in [0.2, 0.25) is 4.96 Å². The van der Waals surface area contributed by atoms with E-state index < -0.39 is 0 Å². The van der Waals surface area contributed by atoms with Gasteiger partial charge in [0.1, 0.15) is 5.75 Å². The van der Waals surface area contributed by atoms with E-state index in [4.69, 9.17) is 4.74 Å². The molecule has 0 saturated heterocycles. The van der Waals surface area contributed by atoms with E-state index in [9.17, 15) is 4.79 Å². The molecule has 0 spiro atoms. The van der Waals surface area contributed by atoms with Gasteiger partial charge in [0.05, 0.1) is 11.6 Å². The van der Waals surface area contributed by atoms with Crippen LogP contribution in [0.25, 0.3) is 22.4 Å². The zero-order valence-corrected chi connectivity index (χ0v) is 15.8. The Hall–Kier alpha value is -2.64. The maximum atomic E-state index is 12.6. The molecule has 5 nitrogen and oxygen atoms in total. The molecule has 4 rings (SSSR count). The Kier molecular flexibility index (Phi) is 4.48. The van der Waals surface area contributed by atoms with Gasteiger partial charge in [-0.15, -0.1) is 16.9 Å². The third-order valence-electron chi connectivity index (χ3n) is 3.94. The minimum absolute atomic E-state index is 0.147. The van der Waals surface area contributed by atoms with Crippen LogP contribution < -0.4 is 14.8 Å². The molecule has 130 valence electrons. The maximum Gasteiger partial charge on any atom is 0.291 e. The summed E-state index contributed by atoms with van der Waals surface area (Å²) in [5.74, 6) is 1.30. The molecule has 2 aromatic carbocycles. The minimum atomic E-state index is -0.147. The molecule has 0 atom stereocenters. The molecule has 0 saturated carbocycles. The average molecular weight is 381 g/mol. The molecule has 26 heavy (non-hydrogen) atoms. The van der Waals surface area contributed by atoms with Gasteiger partial charge in [-0.1, -0.05) is 23.5 Å². The lowest BCUT2D eigenvalue weighted by Crippen LogP contribution is -2.23. The summed E-state index contributed by atoms with van der Waals surface area (Å²) in [5, 5.41) is 4.37. The predicted molar refractivity (Wildman–Crippen MR) is 106 cm³/mol. The van der Waals surface area contributed by atoms with Gasteiger partial charge in [0.15, 0.2) is 5.82 Å². The summed E-state index contributed by atoms with van der Waals surface area (Å²) in [4.78, 5) is 18.9. The van der Waals surface area contributed by atoms with Crippen molar-refractivity contribution in [1.82, 2.24) is 14.6 Å². The van der Waals surface area contributed by atoms with Crippen molar-refractivity contribution in [3.05, 3.63) is 69.0 Å². The quantitative estimate of drug-likeness (QED) is 0.509. The number of aromatic nitrogens is 3. The number of fused-ring (bicyclic) bond motifs is 1. The van der Waals surface area contributed by atoms with Gasteiger partial charge >= 0.3 is 0 Å². The fraction of sp³-hybridized carbons (Fsp3) is 0.105. The normalized spacial score (nSPS) is 12.0. The Morgan fingerprint density at radius 3 is 2.46 bits per heavy atom. The molecule has 2 aromatic heterocycles. The van der Waals surface area contributed by atoms with Crippen molar-refractivity contribution in [2.24, 2.45) is 0 Å². The van der Waals surface area contributed by atoms with Crippen LogP contribution in [0.15, 0.2) is 58.2 Å². The second-order valence-corrected chi connectivity index (χ2v) is 7.44. The van der Waals surface area contributed by atoms with Gasteiger partial charge in [0, 0.05) is 10.5 Å². The van der Waals surface area contributed by atoms with Crippen molar-refractivity contribution in [2.45, 2.75) is 4.90 Å². The van der Waals surface area contributed by atoms with Crippen molar-refractivity contribution in [2.75, 3.05) is 13.4 Å². The molecule has 0 aliphatic rings. The first-order chi connectivity index (χ1) is 12.7. The molecule has 0 bridgehead atoms. The average Bonchev–Trinajstić information content (AvgIpc) is 3.22. The van der Waals surface area contributed by atoms with Crippen LogP contribution in [0.2, 0.25) is 0 Å². The molecular weight excluding hydrogens is 366 g/mol. The summed E-state index contributed by atoms with van der Waals surface area (Å²) in [7, 11) is 1.62. The maximum absolute atomic E-state index is 12.6. The van der Waals surface area contributed by atoms with E-state index >= 15 is 0 Å². The van der Waals surface area contributed by atoms with Crippen molar-refractivity contribution < 1.29 is 4.74 Å². The van der Waals surface area contributed by atoms with E-state index in [0.717, 1.165) is 16.9 Å². The fourth-order valence-electron chi connectivity index (χ4n) is 2.55. The third-order valence-corrected chi connectivity index (χ3v) is 5.65. The van der Waals surface area contributed by atoms with Gasteiger partial charge in [-0.05, 0) is 54.3 Å². The molecule has 7 heteroatoms. The van der Waals surface area contributed by atoms with Crippen LogP contribution in [-0.2, 0) is 0 Å². The number of thiazole rings is 1. The van der Waals surface area contributed by atoms with Gasteiger partial charge < -0.3 is 4.74 Å². The lowest BCUT2D eigenvalue weighted by Gasteiger charge is -1.99. The van der Waals surface area contributed by atoms with Crippen molar-refractivity contribution in [3.63, 3.8) is 0 Å². The lowest BCUT2D eigenvalue weighted by molar-refractivity contribution is 0.415. The smallest absolute Gasteiger partial charge is 0.291 e. The van der Waals surface area contributed by atoms with E-state index in [1.807, 2.05) is 60.9 Å². The summed E-state index contributed by atoms with van der Waals surface area (Å²) >= 11 is 3.03. The second kappa shape index (κ2) is 6.93. The highest BCUT2D eigenvalue weighted by molar-refractivity contribution is 7.98. The van der Waals surface area contributed by atoms with Crippen molar-refractivity contribution >= 4 is 34.1 Å². The van der Waals surface area contributed by atoms with Gasteiger partial charge in [0.25, 0.3) is 5.56 Å². The largest absolute Gasteiger partial charge is 0.497 e. The fourth-order valence-corrected chi connectivity index (χ4v) is 3.86. The topological polar surface area (TPSA) is 56.5 Å². The molecular formula is C19H15N3O2S2. The number of ether oxygens (including phenoxy) is 1. The molecule has 0 fully saturated rings. The molecule has 0 radical (unpaired) electrons. The molecule has 0 aliphatic heterocycles. The molecule has 0 aliphatic carbocycles. The van der Waals surface area contributed by atoms with Crippen LogP contribution in [0, 0.1) is 0 Å². The summed E-state index contributed by atoms with van der Waals surface area (Å²) in [5.41, 5.74) is 1.69. The number of hydrogen-bond acceptors (Lipinski definition) is 6. The van der Waals surface area contributed by atoms with Crippen molar-refractivity contribution in [3.8, 4) is 17.1 Å². The minimum Gasteiger partial charge on any atom is -0.497 e. The van der Waals surface area contributed by atoms with E-state index in [-0.39, 0.29) is 5.56 Å². The standard InChI is InChI=1S/C19H15N3O2S2/c1-24-14-7-5-13(6-8-14)17-20-19-22(21-17)18(23)16(26-19)11-12-3-9-15(25-2)10-4-12/h3-11H,1-2H3. The summed E-state index contributed by atoms with van der Waals surface area (Å²) in [6, 6.07) is 15.5. The Balaban J connectivity index is 1.72. The van der Waals surface area contributed by atoms with E-state index in [0.29, 0.717) is 15.3 Å². The second-order valence-electron chi connectivity index (χ2n) is 5.55. The van der Waals surface area contributed by atoms with Gasteiger partial charge in [-0.25, -0.2) is 0 Å². The summed E-state index contributed by atoms with van der Waals surface area (Å²) < 4.78 is 7.15. The first-order valence-corrected chi connectivity index (χ1v) is 9.92. The number of methoxy groups -OCH3 is 1. The Morgan fingerprint density at radius 1 is 1.12 bits per heavy atom. The Bertz CT molecular complexity index is 1160. The highest BCUT2D eigenvalue weighted by Crippen LogP contribution is 2.20. The van der Waals surface area contributed by atoms with Crippen LogP contribution in [0.5, 0.6) is 5.75 Å². The number of nitrogens with zero attached hydrogens (tertiary/aromatic N) is 3. The molecule has 4 aromatic rings. The number of rotatable bonds is 4. The van der Waals surface area contributed by atoms with Crippen LogP contribution in [0.4, 0.5) is 0 Å². The molecule has 0 amide bonds. The Morgan fingerprint density at radius 2 is 1.85 bits per heavy atom.